The van der Waals surface area contributed by atoms with E-state index in [2.05, 4.69) is 10.3 Å². The SMILES string of the molecule is COCC1(C(=O)O)CS[C@@H]2C(NC(=O)CC[S+]([O-])c3ccccn3)C(=O)N2C1. The van der Waals surface area contributed by atoms with Crippen LogP contribution in [-0.4, -0.2) is 80.5 Å². The number of β-lactam (4-membered cyclic amide) rings is 1. The van der Waals surface area contributed by atoms with Crippen molar-refractivity contribution in [3.63, 3.8) is 0 Å². The quantitative estimate of drug-likeness (QED) is 0.427. The first-order valence-electron chi connectivity index (χ1n) is 8.61. The van der Waals surface area contributed by atoms with Gasteiger partial charge in [-0.15, -0.1) is 11.8 Å². The Morgan fingerprint density at radius 2 is 2.32 bits per heavy atom. The van der Waals surface area contributed by atoms with Gasteiger partial charge in [0.15, 0.2) is 0 Å². The summed E-state index contributed by atoms with van der Waals surface area (Å²) in [5, 5.41) is 12.3. The summed E-state index contributed by atoms with van der Waals surface area (Å²) in [5.41, 5.74) is -1.14. The van der Waals surface area contributed by atoms with Gasteiger partial charge in [0.05, 0.1) is 13.0 Å². The van der Waals surface area contributed by atoms with E-state index in [-0.39, 0.29) is 42.5 Å². The highest BCUT2D eigenvalue weighted by atomic mass is 32.2. The van der Waals surface area contributed by atoms with Crippen LogP contribution in [0.2, 0.25) is 0 Å². The van der Waals surface area contributed by atoms with Crippen LogP contribution >= 0.6 is 11.8 Å². The number of carbonyl (C=O) groups excluding carboxylic acids is 2. The number of amides is 2. The second-order valence-electron chi connectivity index (χ2n) is 6.70. The third-order valence-corrected chi connectivity index (χ3v) is 7.59. The first-order valence-corrected chi connectivity index (χ1v) is 11.0. The number of ether oxygens (including phenoxy) is 1. The molecule has 0 spiro atoms. The van der Waals surface area contributed by atoms with Gasteiger partial charge < -0.3 is 24.6 Å². The number of carbonyl (C=O) groups is 3. The Hall–Kier alpha value is -1.82. The van der Waals surface area contributed by atoms with Gasteiger partial charge in [-0.2, -0.15) is 0 Å². The number of fused-ring (bicyclic) bond motifs is 1. The lowest BCUT2D eigenvalue weighted by atomic mass is 9.88. The molecule has 0 radical (unpaired) electrons. The summed E-state index contributed by atoms with van der Waals surface area (Å²) >= 11 is -0.0663. The molecule has 2 N–H and O–H groups in total. The monoisotopic (exact) mass is 427 g/mol. The van der Waals surface area contributed by atoms with Gasteiger partial charge in [-0.25, -0.2) is 4.98 Å². The number of rotatable bonds is 8. The minimum Gasteiger partial charge on any atom is -0.610 e. The molecule has 0 aromatic carbocycles. The van der Waals surface area contributed by atoms with Crippen LogP contribution in [0.5, 0.6) is 0 Å². The van der Waals surface area contributed by atoms with E-state index in [1.807, 2.05) is 0 Å². The molecule has 1 aromatic rings. The molecule has 2 amide bonds. The first kappa shape index (κ1) is 20.9. The smallest absolute Gasteiger partial charge is 0.314 e. The molecule has 3 heterocycles. The van der Waals surface area contributed by atoms with Crippen molar-refractivity contribution in [3.8, 4) is 0 Å². The van der Waals surface area contributed by atoms with Crippen molar-refractivity contribution in [2.75, 3.05) is 31.8 Å². The van der Waals surface area contributed by atoms with E-state index in [1.54, 1.807) is 18.2 Å². The molecule has 2 fully saturated rings. The average molecular weight is 428 g/mol. The summed E-state index contributed by atoms with van der Waals surface area (Å²) < 4.78 is 17.2. The maximum Gasteiger partial charge on any atom is 0.314 e. The zero-order valence-electron chi connectivity index (χ0n) is 15.2. The molecule has 1 aromatic heterocycles. The number of hydrogen-bond donors (Lipinski definition) is 2. The summed E-state index contributed by atoms with van der Waals surface area (Å²) in [6, 6.07) is 4.39. The lowest BCUT2D eigenvalue weighted by Crippen LogP contribution is -2.74. The Morgan fingerprint density at radius 1 is 1.54 bits per heavy atom. The predicted octanol–water partition coefficient (Wildman–Crippen LogP) is -0.303. The summed E-state index contributed by atoms with van der Waals surface area (Å²) in [6.45, 7) is 0.0743. The van der Waals surface area contributed by atoms with Crippen molar-refractivity contribution in [1.82, 2.24) is 15.2 Å². The number of hydrogen-bond acceptors (Lipinski definition) is 7. The van der Waals surface area contributed by atoms with E-state index in [9.17, 15) is 24.0 Å². The van der Waals surface area contributed by atoms with E-state index in [1.165, 1.54) is 30.0 Å². The predicted molar refractivity (Wildman–Crippen MR) is 102 cm³/mol. The molecule has 11 heteroatoms. The first-order chi connectivity index (χ1) is 13.4. The van der Waals surface area contributed by atoms with E-state index >= 15 is 0 Å². The van der Waals surface area contributed by atoms with Crippen molar-refractivity contribution in [2.45, 2.75) is 22.9 Å². The maximum absolute atomic E-state index is 12.4. The molecule has 9 nitrogen and oxygen atoms in total. The molecule has 4 atom stereocenters. The summed E-state index contributed by atoms with van der Waals surface area (Å²) in [4.78, 5) is 41.7. The molecular weight excluding hydrogens is 406 g/mol. The van der Waals surface area contributed by atoms with Gasteiger partial charge in [0.25, 0.3) is 0 Å². The number of methoxy groups -OCH3 is 1. The second kappa shape index (κ2) is 8.68. The normalized spacial score (nSPS) is 27.5. The fourth-order valence-corrected chi connectivity index (χ4v) is 5.71. The van der Waals surface area contributed by atoms with Crippen molar-refractivity contribution in [2.24, 2.45) is 5.41 Å². The Labute approximate surface area is 169 Å². The minimum atomic E-state index is -1.39. The third-order valence-electron chi connectivity index (χ3n) is 4.72. The number of aromatic nitrogens is 1. The number of aliphatic carboxylic acids is 1. The van der Waals surface area contributed by atoms with Gasteiger partial charge in [0.2, 0.25) is 16.8 Å². The van der Waals surface area contributed by atoms with Crippen LogP contribution in [0.4, 0.5) is 0 Å². The van der Waals surface area contributed by atoms with E-state index < -0.39 is 28.6 Å². The van der Waals surface area contributed by atoms with Gasteiger partial charge in [-0.1, -0.05) is 6.07 Å². The standard InChI is InChI=1S/C17H21N3O6S2/c1-26-9-17(16(23)24)8-20-14(22)13(15(20)27-10-17)19-11(21)5-7-28(25)12-4-2-3-6-18-12/h2-4,6,13,15H,5,7-10H2,1H3,(H,19,21)(H,23,24)/t13?,15-,17?,28?/m1/s1. The lowest BCUT2D eigenvalue weighted by molar-refractivity contribution is -0.161. The fourth-order valence-electron chi connectivity index (χ4n) is 3.20. The van der Waals surface area contributed by atoms with Crippen LogP contribution in [0.25, 0.3) is 0 Å². The maximum atomic E-state index is 12.4. The molecular formula is C17H21N3O6S2. The van der Waals surface area contributed by atoms with Crippen molar-refractivity contribution >= 4 is 40.7 Å². The Kier molecular flexibility index (Phi) is 6.48. The number of nitrogens with one attached hydrogen (secondary N) is 1. The summed E-state index contributed by atoms with van der Waals surface area (Å²) in [7, 11) is 1.43. The number of carboxylic acid groups (broad SMARTS) is 1. The van der Waals surface area contributed by atoms with E-state index in [0.717, 1.165) is 0 Å². The van der Waals surface area contributed by atoms with Gasteiger partial charge in [0.1, 0.15) is 22.6 Å². The molecule has 2 aliphatic heterocycles. The topological polar surface area (TPSA) is 132 Å². The van der Waals surface area contributed by atoms with Crippen molar-refractivity contribution in [1.29, 1.82) is 0 Å². The number of thioether (sulfide) groups is 1. The van der Waals surface area contributed by atoms with Gasteiger partial charge in [0, 0.05) is 42.8 Å². The Balaban J connectivity index is 1.51. The van der Waals surface area contributed by atoms with Crippen LogP contribution in [0, 0.1) is 5.41 Å². The molecule has 3 rings (SSSR count). The van der Waals surface area contributed by atoms with Gasteiger partial charge >= 0.3 is 5.97 Å². The number of carboxylic acids is 1. The zero-order valence-corrected chi connectivity index (χ0v) is 16.8. The number of nitrogens with zero attached hydrogens (tertiary/aromatic N) is 2. The van der Waals surface area contributed by atoms with E-state index in [0.29, 0.717) is 10.8 Å². The third kappa shape index (κ3) is 4.12. The minimum absolute atomic E-state index is 0.00703. The van der Waals surface area contributed by atoms with Crippen LogP contribution in [0.15, 0.2) is 29.4 Å². The van der Waals surface area contributed by atoms with Crippen LogP contribution in [0.3, 0.4) is 0 Å². The highest BCUT2D eigenvalue weighted by Gasteiger charge is 2.57. The van der Waals surface area contributed by atoms with Crippen LogP contribution in [-0.2, 0) is 30.3 Å². The molecule has 2 aliphatic rings. The van der Waals surface area contributed by atoms with Gasteiger partial charge in [-0.3, -0.25) is 14.4 Å². The van der Waals surface area contributed by atoms with E-state index in [4.69, 9.17) is 4.74 Å². The molecule has 2 saturated heterocycles. The highest BCUT2D eigenvalue weighted by Crippen LogP contribution is 2.42. The van der Waals surface area contributed by atoms with Crippen molar-refractivity contribution < 1.29 is 28.8 Å². The molecule has 0 aliphatic carbocycles. The Morgan fingerprint density at radius 3 is 2.96 bits per heavy atom. The van der Waals surface area contributed by atoms with Gasteiger partial charge in [-0.05, 0) is 6.07 Å². The van der Waals surface area contributed by atoms with Crippen LogP contribution in [0.1, 0.15) is 6.42 Å². The summed E-state index contributed by atoms with van der Waals surface area (Å²) in [5.74, 6) is -1.27. The summed E-state index contributed by atoms with van der Waals surface area (Å²) in [6.07, 6.45) is 1.54. The Bertz CT molecular complexity index is 752. The highest BCUT2D eigenvalue weighted by molar-refractivity contribution is 8.00. The fraction of sp³-hybridized carbons (Fsp3) is 0.529. The van der Waals surface area contributed by atoms with Crippen molar-refractivity contribution in [3.05, 3.63) is 24.4 Å². The molecule has 28 heavy (non-hydrogen) atoms. The molecule has 0 saturated carbocycles. The second-order valence-corrected chi connectivity index (χ2v) is 9.32. The molecule has 0 bridgehead atoms. The lowest BCUT2D eigenvalue weighted by Gasteiger charge is -2.53. The zero-order chi connectivity index (χ0) is 20.3. The molecule has 152 valence electrons. The van der Waals surface area contributed by atoms with Crippen LogP contribution < -0.4 is 5.32 Å². The average Bonchev–Trinajstić information content (AvgIpc) is 2.70. The number of pyridine rings is 1. The largest absolute Gasteiger partial charge is 0.610 e. The molecule has 3 unspecified atom stereocenters.